The molecule has 5 rings (SSSR count). The summed E-state index contributed by atoms with van der Waals surface area (Å²) in [6, 6.07) is 11.9. The lowest BCUT2D eigenvalue weighted by molar-refractivity contribution is -0.141. The molecule has 0 radical (unpaired) electrons. The molecule has 1 aliphatic carbocycles. The Morgan fingerprint density at radius 2 is 1.86 bits per heavy atom. The fourth-order valence-electron chi connectivity index (χ4n) is 5.40. The lowest BCUT2D eigenvalue weighted by Crippen LogP contribution is -2.37. The molecule has 2 aromatic heterocycles. The number of nitrogens with one attached hydrogen (secondary N) is 2. The normalized spacial score (nSPS) is 15.0. The summed E-state index contributed by atoms with van der Waals surface area (Å²) in [7, 11) is 0. The molecule has 0 saturated heterocycles. The predicted molar refractivity (Wildman–Crippen MR) is 167 cm³/mol. The minimum absolute atomic E-state index is 0.0193. The molecular weight excluding hydrogens is 634 g/mol. The van der Waals surface area contributed by atoms with Gasteiger partial charge in [-0.1, -0.05) is 53.9 Å². The van der Waals surface area contributed by atoms with Crippen LogP contribution in [0.5, 0.6) is 0 Å². The SMILES string of the molecule is CCC1=Cc2c(S)cccc2C1C(C)NC(=O)c1cc(Cl)cc(C)c1NC(=O)c1cc(C(F)(F)F)nn1-c1ncccc1Cl. The van der Waals surface area contributed by atoms with Crippen LogP contribution in [-0.4, -0.2) is 32.6 Å². The van der Waals surface area contributed by atoms with Gasteiger partial charge in [0.25, 0.3) is 11.8 Å². The van der Waals surface area contributed by atoms with Gasteiger partial charge in [0.15, 0.2) is 11.5 Å². The molecule has 0 bridgehead atoms. The van der Waals surface area contributed by atoms with Gasteiger partial charge in [-0.15, -0.1) is 12.6 Å². The van der Waals surface area contributed by atoms with Crippen LogP contribution in [0.2, 0.25) is 10.0 Å². The quantitative estimate of drug-likeness (QED) is 0.175. The Balaban J connectivity index is 1.48. The topological polar surface area (TPSA) is 88.9 Å². The Labute approximate surface area is 266 Å². The average molecular weight is 661 g/mol. The maximum Gasteiger partial charge on any atom is 0.435 e. The maximum absolute atomic E-state index is 13.7. The Bertz CT molecular complexity index is 1820. The zero-order valence-electron chi connectivity index (χ0n) is 23.6. The van der Waals surface area contributed by atoms with Crippen molar-refractivity contribution in [3.8, 4) is 5.82 Å². The van der Waals surface area contributed by atoms with E-state index in [0.717, 1.165) is 32.7 Å². The number of aryl methyl sites for hydroxylation is 1. The number of alkyl halides is 3. The number of pyridine rings is 1. The largest absolute Gasteiger partial charge is 0.435 e. The number of anilines is 1. The van der Waals surface area contributed by atoms with Crippen molar-refractivity contribution in [2.45, 2.75) is 50.2 Å². The van der Waals surface area contributed by atoms with Gasteiger partial charge in [-0.25, -0.2) is 9.67 Å². The lowest BCUT2D eigenvalue weighted by atomic mass is 9.88. The summed E-state index contributed by atoms with van der Waals surface area (Å²) in [5, 5.41) is 9.42. The molecule has 2 N–H and O–H groups in total. The summed E-state index contributed by atoms with van der Waals surface area (Å²) in [6.07, 6.45) is -0.689. The number of benzene rings is 2. The molecule has 2 aromatic carbocycles. The first kappa shape index (κ1) is 31.6. The molecule has 2 heterocycles. The molecule has 13 heteroatoms. The van der Waals surface area contributed by atoms with Crippen LogP contribution < -0.4 is 10.6 Å². The van der Waals surface area contributed by atoms with Gasteiger partial charge in [0, 0.05) is 34.1 Å². The third kappa shape index (κ3) is 6.09. The summed E-state index contributed by atoms with van der Waals surface area (Å²) in [5.41, 5.74) is 1.91. The van der Waals surface area contributed by atoms with Crippen molar-refractivity contribution in [1.82, 2.24) is 20.1 Å². The minimum atomic E-state index is -4.85. The molecule has 1 aliphatic rings. The van der Waals surface area contributed by atoms with E-state index in [1.54, 1.807) is 6.92 Å². The van der Waals surface area contributed by atoms with Gasteiger partial charge < -0.3 is 10.6 Å². The summed E-state index contributed by atoms with van der Waals surface area (Å²) in [6.45, 7) is 5.55. The molecule has 4 aromatic rings. The van der Waals surface area contributed by atoms with E-state index in [2.05, 4.69) is 39.4 Å². The molecule has 2 amide bonds. The number of amides is 2. The molecule has 0 saturated carbocycles. The van der Waals surface area contributed by atoms with Crippen molar-refractivity contribution in [2.75, 3.05) is 5.32 Å². The summed E-state index contributed by atoms with van der Waals surface area (Å²) in [5.74, 6) is -1.77. The number of hydrogen-bond donors (Lipinski definition) is 3. The standard InChI is InChI=1S/C31H26Cl2F3N5O2S/c1-4-17-12-20-19(7-5-9-24(20)44)26(17)16(3)38-29(42)21-13-18(32)11-15(2)27(21)39-30(43)23-14-25(31(34,35)36)40-41(23)28-22(33)8-6-10-37-28/h5-14,16,26,44H,4H2,1-3H3,(H,38,42)(H,39,43). The van der Waals surface area contributed by atoms with Crippen LogP contribution in [-0.2, 0) is 6.18 Å². The highest BCUT2D eigenvalue weighted by molar-refractivity contribution is 7.80. The van der Waals surface area contributed by atoms with Crippen LogP contribution in [0.25, 0.3) is 11.9 Å². The molecule has 44 heavy (non-hydrogen) atoms. The lowest BCUT2D eigenvalue weighted by Gasteiger charge is -2.26. The van der Waals surface area contributed by atoms with E-state index >= 15 is 0 Å². The van der Waals surface area contributed by atoms with Gasteiger partial charge >= 0.3 is 6.18 Å². The van der Waals surface area contributed by atoms with E-state index in [1.165, 1.54) is 30.5 Å². The number of thiol groups is 1. The van der Waals surface area contributed by atoms with Crippen molar-refractivity contribution in [1.29, 1.82) is 0 Å². The number of nitrogens with zero attached hydrogens (tertiary/aromatic N) is 3. The molecular formula is C31H26Cl2F3N5O2S. The Hall–Kier alpha value is -3.80. The van der Waals surface area contributed by atoms with E-state index in [-0.39, 0.29) is 39.1 Å². The number of carbonyl (C=O) groups is 2. The minimum Gasteiger partial charge on any atom is -0.349 e. The zero-order valence-corrected chi connectivity index (χ0v) is 26.0. The third-order valence-electron chi connectivity index (χ3n) is 7.40. The predicted octanol–water partition coefficient (Wildman–Crippen LogP) is 8.15. The van der Waals surface area contributed by atoms with E-state index < -0.39 is 29.4 Å². The van der Waals surface area contributed by atoms with Crippen LogP contribution in [0.1, 0.15) is 69.4 Å². The van der Waals surface area contributed by atoms with Crippen molar-refractivity contribution >= 4 is 59.4 Å². The molecule has 7 nitrogen and oxygen atoms in total. The Morgan fingerprint density at radius 1 is 1.11 bits per heavy atom. The second kappa shape index (κ2) is 12.3. The van der Waals surface area contributed by atoms with Crippen molar-refractivity contribution < 1.29 is 22.8 Å². The van der Waals surface area contributed by atoms with Gasteiger partial charge in [-0.2, -0.15) is 18.3 Å². The number of carbonyl (C=O) groups excluding carboxylic acids is 2. The van der Waals surface area contributed by atoms with Gasteiger partial charge in [0.2, 0.25) is 0 Å². The first-order chi connectivity index (χ1) is 20.8. The summed E-state index contributed by atoms with van der Waals surface area (Å²) in [4.78, 5) is 32.2. The average Bonchev–Trinajstić information content (AvgIpc) is 3.58. The fraction of sp³-hybridized carbons (Fsp3) is 0.226. The van der Waals surface area contributed by atoms with Crippen LogP contribution in [0, 0.1) is 6.92 Å². The number of hydrogen-bond acceptors (Lipinski definition) is 5. The highest BCUT2D eigenvalue weighted by atomic mass is 35.5. The van der Waals surface area contributed by atoms with Gasteiger partial charge in [-0.05, 0) is 67.3 Å². The van der Waals surface area contributed by atoms with E-state index in [1.807, 2.05) is 32.0 Å². The second-order valence-electron chi connectivity index (χ2n) is 10.3. The highest BCUT2D eigenvalue weighted by Crippen LogP contribution is 2.42. The fourth-order valence-corrected chi connectivity index (χ4v) is 6.15. The number of aromatic nitrogens is 3. The van der Waals surface area contributed by atoms with Crippen molar-refractivity contribution in [3.05, 3.63) is 104 Å². The van der Waals surface area contributed by atoms with Crippen LogP contribution in [0.3, 0.4) is 0 Å². The number of halogens is 5. The first-order valence-electron chi connectivity index (χ1n) is 13.5. The zero-order chi connectivity index (χ0) is 31.9. The summed E-state index contributed by atoms with van der Waals surface area (Å²) >= 11 is 17.1. The molecule has 2 unspecified atom stereocenters. The van der Waals surface area contributed by atoms with Crippen LogP contribution in [0.4, 0.5) is 18.9 Å². The molecule has 2 atom stereocenters. The van der Waals surface area contributed by atoms with Gasteiger partial charge in [-0.3, -0.25) is 9.59 Å². The third-order valence-corrected chi connectivity index (χ3v) is 8.31. The number of rotatable bonds is 7. The van der Waals surface area contributed by atoms with Crippen LogP contribution >= 0.6 is 35.8 Å². The monoisotopic (exact) mass is 659 g/mol. The number of fused-ring (bicyclic) bond motifs is 1. The smallest absolute Gasteiger partial charge is 0.349 e. The molecule has 0 spiro atoms. The van der Waals surface area contributed by atoms with Crippen molar-refractivity contribution in [3.63, 3.8) is 0 Å². The molecule has 228 valence electrons. The first-order valence-corrected chi connectivity index (χ1v) is 14.7. The van der Waals surface area contributed by atoms with Crippen molar-refractivity contribution in [2.24, 2.45) is 0 Å². The maximum atomic E-state index is 13.7. The highest BCUT2D eigenvalue weighted by Gasteiger charge is 2.37. The van der Waals surface area contributed by atoms with Gasteiger partial charge in [0.05, 0.1) is 16.3 Å². The summed E-state index contributed by atoms with van der Waals surface area (Å²) < 4.78 is 41.7. The Kier molecular flexibility index (Phi) is 8.84. The van der Waals surface area contributed by atoms with Gasteiger partial charge in [0.1, 0.15) is 5.69 Å². The van der Waals surface area contributed by atoms with E-state index in [4.69, 9.17) is 23.2 Å². The van der Waals surface area contributed by atoms with E-state index in [0.29, 0.717) is 11.6 Å². The van der Waals surface area contributed by atoms with Crippen LogP contribution in [0.15, 0.2) is 65.2 Å². The molecule has 0 fully saturated rings. The van der Waals surface area contributed by atoms with E-state index in [9.17, 15) is 22.8 Å². The molecule has 0 aliphatic heterocycles. The Morgan fingerprint density at radius 3 is 2.55 bits per heavy atom. The second-order valence-corrected chi connectivity index (χ2v) is 11.7.